The SMILES string of the molecule is COCC(O)CCNC(c1ccccc1)c1ccc(Cl)cc1. The van der Waals surface area contributed by atoms with Crippen LogP contribution in [0.1, 0.15) is 23.6 Å². The molecule has 2 atom stereocenters. The maximum Gasteiger partial charge on any atom is 0.0785 e. The lowest BCUT2D eigenvalue weighted by Gasteiger charge is -2.21. The Morgan fingerprint density at radius 3 is 2.32 bits per heavy atom. The molecule has 0 bridgehead atoms. The van der Waals surface area contributed by atoms with Crippen molar-refractivity contribution < 1.29 is 9.84 Å². The molecule has 0 aromatic heterocycles. The first-order valence-corrected chi connectivity index (χ1v) is 7.79. The van der Waals surface area contributed by atoms with Gasteiger partial charge < -0.3 is 15.2 Å². The molecule has 0 aliphatic carbocycles. The fraction of sp³-hybridized carbons (Fsp3) is 0.333. The van der Waals surface area contributed by atoms with Gasteiger partial charge in [0.2, 0.25) is 0 Å². The molecule has 3 nitrogen and oxygen atoms in total. The zero-order valence-corrected chi connectivity index (χ0v) is 13.5. The Hall–Kier alpha value is -1.39. The van der Waals surface area contributed by atoms with Gasteiger partial charge in [0.25, 0.3) is 0 Å². The van der Waals surface area contributed by atoms with Crippen LogP contribution in [0.5, 0.6) is 0 Å². The van der Waals surface area contributed by atoms with E-state index in [1.165, 1.54) is 5.56 Å². The fourth-order valence-corrected chi connectivity index (χ4v) is 2.52. The van der Waals surface area contributed by atoms with Crippen molar-refractivity contribution in [2.24, 2.45) is 0 Å². The number of ether oxygens (including phenoxy) is 1. The molecule has 0 heterocycles. The monoisotopic (exact) mass is 319 g/mol. The molecule has 2 N–H and O–H groups in total. The zero-order chi connectivity index (χ0) is 15.8. The first-order chi connectivity index (χ1) is 10.7. The van der Waals surface area contributed by atoms with Gasteiger partial charge in [-0.3, -0.25) is 0 Å². The third-order valence-electron chi connectivity index (χ3n) is 3.52. The summed E-state index contributed by atoms with van der Waals surface area (Å²) in [7, 11) is 1.59. The van der Waals surface area contributed by atoms with Crippen LogP contribution in [-0.4, -0.2) is 31.5 Å². The number of nitrogens with one attached hydrogen (secondary N) is 1. The summed E-state index contributed by atoms with van der Waals surface area (Å²) in [5.74, 6) is 0. The van der Waals surface area contributed by atoms with Gasteiger partial charge in [0, 0.05) is 12.1 Å². The Kier molecular flexibility index (Phi) is 6.87. The molecule has 0 aliphatic rings. The van der Waals surface area contributed by atoms with E-state index in [2.05, 4.69) is 17.4 Å². The quantitative estimate of drug-likeness (QED) is 0.783. The predicted molar refractivity (Wildman–Crippen MR) is 90.2 cm³/mol. The van der Waals surface area contributed by atoms with Crippen LogP contribution in [0.4, 0.5) is 0 Å². The molecule has 0 amide bonds. The summed E-state index contributed by atoms with van der Waals surface area (Å²) in [5, 5.41) is 14.0. The topological polar surface area (TPSA) is 41.5 Å². The van der Waals surface area contributed by atoms with Crippen LogP contribution >= 0.6 is 11.6 Å². The lowest BCUT2D eigenvalue weighted by atomic mass is 9.98. The largest absolute Gasteiger partial charge is 0.391 e. The molecule has 0 aliphatic heterocycles. The maximum absolute atomic E-state index is 9.76. The van der Waals surface area contributed by atoms with Crippen molar-refractivity contribution in [3.8, 4) is 0 Å². The van der Waals surface area contributed by atoms with E-state index in [4.69, 9.17) is 16.3 Å². The average Bonchev–Trinajstić information content (AvgIpc) is 2.54. The summed E-state index contributed by atoms with van der Waals surface area (Å²) < 4.78 is 4.95. The Morgan fingerprint density at radius 1 is 1.05 bits per heavy atom. The van der Waals surface area contributed by atoms with Gasteiger partial charge in [0.05, 0.1) is 18.8 Å². The first-order valence-electron chi connectivity index (χ1n) is 7.41. The van der Waals surface area contributed by atoms with Crippen LogP contribution in [-0.2, 0) is 4.74 Å². The molecule has 22 heavy (non-hydrogen) atoms. The third kappa shape index (κ3) is 5.11. The highest BCUT2D eigenvalue weighted by Gasteiger charge is 2.14. The molecular weight excluding hydrogens is 298 g/mol. The third-order valence-corrected chi connectivity index (χ3v) is 3.77. The molecule has 2 rings (SSSR count). The molecular formula is C18H22ClNO2. The van der Waals surface area contributed by atoms with E-state index in [1.54, 1.807) is 7.11 Å². The van der Waals surface area contributed by atoms with Crippen LogP contribution in [0.25, 0.3) is 0 Å². The Balaban J connectivity index is 2.07. The van der Waals surface area contributed by atoms with Crippen molar-refractivity contribution in [2.45, 2.75) is 18.6 Å². The molecule has 0 saturated heterocycles. The number of methoxy groups -OCH3 is 1. The Bertz CT molecular complexity index is 545. The van der Waals surface area contributed by atoms with Crippen LogP contribution in [0.15, 0.2) is 54.6 Å². The van der Waals surface area contributed by atoms with Crippen molar-refractivity contribution in [2.75, 3.05) is 20.3 Å². The number of benzene rings is 2. The smallest absolute Gasteiger partial charge is 0.0785 e. The van der Waals surface area contributed by atoms with Crippen LogP contribution < -0.4 is 5.32 Å². The minimum atomic E-state index is -0.445. The molecule has 0 spiro atoms. The minimum Gasteiger partial charge on any atom is -0.391 e. The molecule has 0 saturated carbocycles. The number of hydrogen-bond acceptors (Lipinski definition) is 3. The first kappa shape index (κ1) is 17.0. The van der Waals surface area contributed by atoms with Gasteiger partial charge in [-0.25, -0.2) is 0 Å². The highest BCUT2D eigenvalue weighted by atomic mass is 35.5. The van der Waals surface area contributed by atoms with Crippen molar-refractivity contribution in [1.29, 1.82) is 0 Å². The van der Waals surface area contributed by atoms with Gasteiger partial charge in [-0.05, 0) is 36.2 Å². The predicted octanol–water partition coefficient (Wildman–Crippen LogP) is 3.42. The summed E-state index contributed by atoms with van der Waals surface area (Å²) in [6.07, 6.45) is 0.198. The zero-order valence-electron chi connectivity index (χ0n) is 12.7. The van der Waals surface area contributed by atoms with E-state index in [9.17, 15) is 5.11 Å². The second-order valence-corrected chi connectivity index (χ2v) is 5.68. The van der Waals surface area contributed by atoms with Gasteiger partial charge in [0.1, 0.15) is 0 Å². The van der Waals surface area contributed by atoms with E-state index in [0.29, 0.717) is 19.6 Å². The van der Waals surface area contributed by atoms with Crippen molar-refractivity contribution in [3.05, 3.63) is 70.7 Å². The summed E-state index contributed by atoms with van der Waals surface area (Å²) in [6, 6.07) is 18.2. The number of aliphatic hydroxyl groups is 1. The number of aliphatic hydroxyl groups excluding tert-OH is 1. The van der Waals surface area contributed by atoms with Gasteiger partial charge in [0.15, 0.2) is 0 Å². The standard InChI is InChI=1S/C18H22ClNO2/c1-22-13-17(21)11-12-20-18(14-5-3-2-4-6-14)15-7-9-16(19)10-8-15/h2-10,17-18,20-21H,11-13H2,1H3. The molecule has 2 aromatic carbocycles. The van der Waals surface area contributed by atoms with Gasteiger partial charge in [-0.2, -0.15) is 0 Å². The lowest BCUT2D eigenvalue weighted by molar-refractivity contribution is 0.0591. The van der Waals surface area contributed by atoms with Gasteiger partial charge in [-0.1, -0.05) is 54.1 Å². The fourth-order valence-electron chi connectivity index (χ4n) is 2.40. The normalized spacial score (nSPS) is 13.8. The highest BCUT2D eigenvalue weighted by Crippen LogP contribution is 2.23. The lowest BCUT2D eigenvalue weighted by Crippen LogP contribution is -2.27. The van der Waals surface area contributed by atoms with E-state index >= 15 is 0 Å². The molecule has 2 unspecified atom stereocenters. The van der Waals surface area contributed by atoms with E-state index < -0.39 is 6.10 Å². The summed E-state index contributed by atoms with van der Waals surface area (Å²) in [6.45, 7) is 1.06. The minimum absolute atomic E-state index is 0.0770. The Labute approximate surface area is 136 Å². The van der Waals surface area contributed by atoms with Gasteiger partial charge in [-0.15, -0.1) is 0 Å². The Morgan fingerprint density at radius 2 is 1.68 bits per heavy atom. The second-order valence-electron chi connectivity index (χ2n) is 5.25. The average molecular weight is 320 g/mol. The summed E-state index contributed by atoms with van der Waals surface area (Å²) in [5.41, 5.74) is 2.34. The van der Waals surface area contributed by atoms with Crippen LogP contribution in [0, 0.1) is 0 Å². The second kappa shape index (κ2) is 8.91. The van der Waals surface area contributed by atoms with Crippen LogP contribution in [0.3, 0.4) is 0 Å². The number of hydrogen-bond donors (Lipinski definition) is 2. The molecule has 0 fully saturated rings. The molecule has 0 radical (unpaired) electrons. The van der Waals surface area contributed by atoms with E-state index in [1.807, 2.05) is 42.5 Å². The number of rotatable bonds is 8. The summed E-state index contributed by atoms with van der Waals surface area (Å²) in [4.78, 5) is 0. The van der Waals surface area contributed by atoms with Crippen molar-refractivity contribution >= 4 is 11.6 Å². The van der Waals surface area contributed by atoms with Gasteiger partial charge >= 0.3 is 0 Å². The number of halogens is 1. The molecule has 4 heteroatoms. The molecule has 2 aromatic rings. The van der Waals surface area contributed by atoms with E-state index in [0.717, 1.165) is 10.6 Å². The summed E-state index contributed by atoms with van der Waals surface area (Å²) >= 11 is 5.98. The van der Waals surface area contributed by atoms with Crippen molar-refractivity contribution in [3.63, 3.8) is 0 Å². The molecule has 118 valence electrons. The van der Waals surface area contributed by atoms with Crippen molar-refractivity contribution in [1.82, 2.24) is 5.32 Å². The highest BCUT2D eigenvalue weighted by molar-refractivity contribution is 6.30. The van der Waals surface area contributed by atoms with Crippen LogP contribution in [0.2, 0.25) is 5.02 Å². The van der Waals surface area contributed by atoms with E-state index in [-0.39, 0.29) is 6.04 Å². The maximum atomic E-state index is 9.76.